The molecule has 1 unspecified atom stereocenters. The normalized spacial score (nSPS) is 23.5. The number of nitrogens with zero attached hydrogens (tertiary/aromatic N) is 1. The van der Waals surface area contributed by atoms with Crippen molar-refractivity contribution in [2.45, 2.75) is 44.8 Å². The van der Waals surface area contributed by atoms with E-state index in [1.807, 2.05) is 31.2 Å². The van der Waals surface area contributed by atoms with Crippen LogP contribution in [0.5, 0.6) is 5.75 Å². The lowest BCUT2D eigenvalue weighted by Gasteiger charge is -2.35. The molecule has 0 aliphatic heterocycles. The smallest absolute Gasteiger partial charge is 0.119 e. The first-order valence-electron chi connectivity index (χ1n) is 8.27. The maximum absolute atomic E-state index is 10.2. The Balaban J connectivity index is 1.70. The minimum absolute atomic E-state index is 0.309. The number of likely N-dealkylation sites (N-methyl/N-ethyl adjacent to an activating group) is 1. The van der Waals surface area contributed by atoms with Gasteiger partial charge in [-0.05, 0) is 57.7 Å². The highest BCUT2D eigenvalue weighted by Crippen LogP contribution is 2.26. The van der Waals surface area contributed by atoms with Crippen LogP contribution in [-0.2, 0) is 0 Å². The third-order valence-electron chi connectivity index (χ3n) is 4.66. The zero-order chi connectivity index (χ0) is 15.9. The highest BCUT2D eigenvalue weighted by Gasteiger charge is 2.24. The van der Waals surface area contributed by atoms with E-state index in [4.69, 9.17) is 4.74 Å². The second-order valence-electron chi connectivity index (χ2n) is 6.57. The molecule has 0 heterocycles. The fourth-order valence-corrected chi connectivity index (χ4v) is 3.13. The van der Waals surface area contributed by atoms with Crippen LogP contribution in [0, 0.1) is 12.8 Å². The topological polar surface area (TPSA) is 52.9 Å². The first kappa shape index (κ1) is 17.3. The van der Waals surface area contributed by atoms with Gasteiger partial charge in [0, 0.05) is 19.2 Å². The van der Waals surface area contributed by atoms with Crippen molar-refractivity contribution in [3.63, 3.8) is 0 Å². The molecule has 0 saturated heterocycles. The van der Waals surface area contributed by atoms with E-state index in [-0.39, 0.29) is 0 Å². The average molecular weight is 307 g/mol. The molecule has 0 bridgehead atoms. The first-order chi connectivity index (χ1) is 10.6. The zero-order valence-corrected chi connectivity index (χ0v) is 13.7. The van der Waals surface area contributed by atoms with Crippen molar-refractivity contribution in [2.75, 3.05) is 26.8 Å². The Kier molecular flexibility index (Phi) is 6.68. The van der Waals surface area contributed by atoms with Crippen LogP contribution in [-0.4, -0.2) is 54.1 Å². The maximum atomic E-state index is 10.2. The Morgan fingerprint density at radius 2 is 1.82 bits per heavy atom. The van der Waals surface area contributed by atoms with Crippen molar-refractivity contribution in [1.82, 2.24) is 4.90 Å². The summed E-state index contributed by atoms with van der Waals surface area (Å²) in [4.78, 5) is 2.23. The highest BCUT2D eigenvalue weighted by molar-refractivity contribution is 5.26. The second kappa shape index (κ2) is 8.51. The fraction of sp³-hybridized carbons (Fsp3) is 0.667. The molecule has 0 radical (unpaired) electrons. The summed E-state index contributed by atoms with van der Waals surface area (Å²) in [5, 5.41) is 19.3. The third kappa shape index (κ3) is 5.27. The van der Waals surface area contributed by atoms with E-state index in [9.17, 15) is 10.2 Å². The number of aliphatic hydroxyl groups is 2. The van der Waals surface area contributed by atoms with E-state index in [0.29, 0.717) is 31.7 Å². The van der Waals surface area contributed by atoms with Crippen molar-refractivity contribution in [1.29, 1.82) is 0 Å². The number of hydrogen-bond acceptors (Lipinski definition) is 4. The summed E-state index contributed by atoms with van der Waals surface area (Å²) in [5.41, 5.74) is 1.20. The minimum Gasteiger partial charge on any atom is -0.491 e. The van der Waals surface area contributed by atoms with E-state index in [0.717, 1.165) is 31.4 Å². The average Bonchev–Trinajstić information content (AvgIpc) is 2.54. The van der Waals surface area contributed by atoms with Gasteiger partial charge in [0.1, 0.15) is 18.5 Å². The van der Waals surface area contributed by atoms with Crippen LogP contribution in [0.3, 0.4) is 0 Å². The quantitative estimate of drug-likeness (QED) is 0.811. The lowest BCUT2D eigenvalue weighted by molar-refractivity contribution is 0.0488. The standard InChI is InChI=1S/C18H29NO3/c1-14-3-9-18(10-4-14)22-13-17(21)11-19(2)16-7-5-15(12-20)6-8-16/h3-4,9-10,15-17,20-21H,5-8,11-13H2,1-2H3. The van der Waals surface area contributed by atoms with Gasteiger partial charge < -0.3 is 19.8 Å². The van der Waals surface area contributed by atoms with Gasteiger partial charge in [0.05, 0.1) is 0 Å². The number of aryl methyl sites for hydroxylation is 1. The number of ether oxygens (including phenoxy) is 1. The van der Waals surface area contributed by atoms with Crippen LogP contribution >= 0.6 is 0 Å². The molecule has 1 atom stereocenters. The fourth-order valence-electron chi connectivity index (χ4n) is 3.13. The molecule has 0 spiro atoms. The van der Waals surface area contributed by atoms with Crippen LogP contribution in [0.4, 0.5) is 0 Å². The van der Waals surface area contributed by atoms with E-state index in [2.05, 4.69) is 11.9 Å². The lowest BCUT2D eigenvalue weighted by Crippen LogP contribution is -2.41. The monoisotopic (exact) mass is 307 g/mol. The van der Waals surface area contributed by atoms with Gasteiger partial charge >= 0.3 is 0 Å². The minimum atomic E-state index is -0.484. The Morgan fingerprint density at radius 1 is 1.18 bits per heavy atom. The molecular formula is C18H29NO3. The lowest BCUT2D eigenvalue weighted by atomic mass is 9.86. The van der Waals surface area contributed by atoms with Crippen LogP contribution in [0.25, 0.3) is 0 Å². The van der Waals surface area contributed by atoms with Crippen LogP contribution in [0.15, 0.2) is 24.3 Å². The van der Waals surface area contributed by atoms with Crippen LogP contribution in [0.1, 0.15) is 31.2 Å². The van der Waals surface area contributed by atoms with Gasteiger partial charge in [0.2, 0.25) is 0 Å². The maximum Gasteiger partial charge on any atom is 0.119 e. The Hall–Kier alpha value is -1.10. The van der Waals surface area contributed by atoms with E-state index >= 15 is 0 Å². The number of benzene rings is 1. The molecule has 2 N–H and O–H groups in total. The summed E-state index contributed by atoms with van der Waals surface area (Å²) in [6.07, 6.45) is 3.89. The summed E-state index contributed by atoms with van der Waals surface area (Å²) in [5.74, 6) is 1.27. The predicted molar refractivity (Wildman–Crippen MR) is 88.1 cm³/mol. The van der Waals surface area contributed by atoms with Crippen molar-refractivity contribution in [3.8, 4) is 5.75 Å². The van der Waals surface area contributed by atoms with Crippen molar-refractivity contribution < 1.29 is 14.9 Å². The second-order valence-corrected chi connectivity index (χ2v) is 6.57. The zero-order valence-electron chi connectivity index (χ0n) is 13.7. The van der Waals surface area contributed by atoms with Crippen molar-refractivity contribution >= 4 is 0 Å². The summed E-state index contributed by atoms with van der Waals surface area (Å²) < 4.78 is 5.64. The molecule has 1 fully saturated rings. The molecule has 1 aromatic carbocycles. The van der Waals surface area contributed by atoms with Gasteiger partial charge in [-0.3, -0.25) is 0 Å². The summed E-state index contributed by atoms with van der Waals surface area (Å²) in [7, 11) is 2.07. The van der Waals surface area contributed by atoms with E-state index in [1.165, 1.54) is 5.56 Å². The van der Waals surface area contributed by atoms with E-state index < -0.39 is 6.10 Å². The molecule has 4 nitrogen and oxygen atoms in total. The van der Waals surface area contributed by atoms with E-state index in [1.54, 1.807) is 0 Å². The molecule has 1 saturated carbocycles. The van der Waals surface area contributed by atoms with Gasteiger partial charge in [0.15, 0.2) is 0 Å². The van der Waals surface area contributed by atoms with Gasteiger partial charge in [-0.1, -0.05) is 17.7 Å². The van der Waals surface area contributed by atoms with Gasteiger partial charge in [-0.15, -0.1) is 0 Å². The highest BCUT2D eigenvalue weighted by atomic mass is 16.5. The number of hydrogen-bond donors (Lipinski definition) is 2. The number of rotatable bonds is 7. The van der Waals surface area contributed by atoms with Gasteiger partial charge in [0.25, 0.3) is 0 Å². The van der Waals surface area contributed by atoms with Crippen molar-refractivity contribution in [2.24, 2.45) is 5.92 Å². The molecule has 0 aromatic heterocycles. The molecule has 4 heteroatoms. The molecular weight excluding hydrogens is 278 g/mol. The summed E-state index contributed by atoms with van der Waals surface area (Å²) in [6, 6.07) is 8.39. The van der Waals surface area contributed by atoms with Crippen LogP contribution in [0.2, 0.25) is 0 Å². The first-order valence-corrected chi connectivity index (χ1v) is 8.27. The van der Waals surface area contributed by atoms with Gasteiger partial charge in [-0.25, -0.2) is 0 Å². The van der Waals surface area contributed by atoms with Crippen molar-refractivity contribution in [3.05, 3.63) is 29.8 Å². The van der Waals surface area contributed by atoms with Gasteiger partial charge in [-0.2, -0.15) is 0 Å². The number of aliphatic hydroxyl groups excluding tert-OH is 2. The Morgan fingerprint density at radius 3 is 2.41 bits per heavy atom. The molecule has 1 aliphatic rings. The third-order valence-corrected chi connectivity index (χ3v) is 4.66. The SMILES string of the molecule is Cc1ccc(OCC(O)CN(C)C2CCC(CO)CC2)cc1. The molecule has 22 heavy (non-hydrogen) atoms. The molecule has 2 rings (SSSR count). The summed E-state index contributed by atoms with van der Waals surface area (Å²) in [6.45, 7) is 3.29. The van der Waals surface area contributed by atoms with Crippen LogP contribution < -0.4 is 4.74 Å². The molecule has 1 aliphatic carbocycles. The molecule has 0 amide bonds. The largest absolute Gasteiger partial charge is 0.491 e. The predicted octanol–water partition coefficient (Wildman–Crippen LogP) is 2.22. The summed E-state index contributed by atoms with van der Waals surface area (Å²) >= 11 is 0. The Labute approximate surface area is 133 Å². The molecule has 1 aromatic rings. The Bertz CT molecular complexity index is 426. The molecule has 124 valence electrons.